The summed E-state index contributed by atoms with van der Waals surface area (Å²) in [5.74, 6) is -1.59. The molecule has 1 aromatic carbocycles. The zero-order valence-corrected chi connectivity index (χ0v) is 13.8. The highest BCUT2D eigenvalue weighted by atomic mass is 32.1. The second-order valence-corrected chi connectivity index (χ2v) is 6.42. The standard InChI is InChI=1S/C16H14N2O5S/c1-8(2)23-11(19)7-18-15(21)13(24-16(18)22)12-9-5-3-4-6-10(9)17-14(12)20/h3-6,8,21H,7H2,1-2H3. The number of amides is 1. The third kappa shape index (κ3) is 2.76. The number of hydrogen-bond donors (Lipinski definition) is 1. The Hall–Kier alpha value is -2.74. The number of carbonyl (C=O) groups excluding carboxylic acids is 2. The topological polar surface area (TPSA) is 98.0 Å². The SMILES string of the molecule is CC(C)OC(=O)Cn1c(O)c(C2=c3ccccc3=NC2=O)sc1=O. The molecule has 3 rings (SSSR count). The van der Waals surface area contributed by atoms with Gasteiger partial charge in [0.05, 0.1) is 17.0 Å². The van der Waals surface area contributed by atoms with Crippen molar-refractivity contribution in [2.24, 2.45) is 4.99 Å². The highest BCUT2D eigenvalue weighted by molar-refractivity contribution is 7.11. The summed E-state index contributed by atoms with van der Waals surface area (Å²) in [7, 11) is 0. The summed E-state index contributed by atoms with van der Waals surface area (Å²) in [6, 6.07) is 6.86. The van der Waals surface area contributed by atoms with E-state index >= 15 is 0 Å². The molecule has 1 amide bonds. The maximum Gasteiger partial charge on any atom is 0.326 e. The van der Waals surface area contributed by atoms with Crippen molar-refractivity contribution in [2.75, 3.05) is 0 Å². The van der Waals surface area contributed by atoms with Gasteiger partial charge in [-0.3, -0.25) is 19.0 Å². The molecule has 0 radical (unpaired) electrons. The number of esters is 1. The molecule has 0 saturated heterocycles. The van der Waals surface area contributed by atoms with Crippen molar-refractivity contribution in [3.8, 4) is 5.88 Å². The Balaban J connectivity index is 2.09. The van der Waals surface area contributed by atoms with E-state index in [-0.39, 0.29) is 16.6 Å². The largest absolute Gasteiger partial charge is 0.493 e. The Morgan fingerprint density at radius 1 is 1.33 bits per heavy atom. The molecule has 0 saturated carbocycles. The Kier molecular flexibility index (Phi) is 4.06. The van der Waals surface area contributed by atoms with Crippen LogP contribution in [0.25, 0.3) is 5.57 Å². The number of nitrogens with zero attached hydrogens (tertiary/aromatic N) is 2. The van der Waals surface area contributed by atoms with Crippen molar-refractivity contribution in [3.05, 3.63) is 49.4 Å². The zero-order chi connectivity index (χ0) is 17.4. The zero-order valence-electron chi connectivity index (χ0n) is 13.0. The van der Waals surface area contributed by atoms with Crippen LogP contribution in [0, 0.1) is 0 Å². The van der Waals surface area contributed by atoms with Crippen molar-refractivity contribution in [1.82, 2.24) is 4.57 Å². The number of benzene rings is 1. The van der Waals surface area contributed by atoms with Gasteiger partial charge in [-0.2, -0.15) is 0 Å². The van der Waals surface area contributed by atoms with E-state index < -0.39 is 29.2 Å². The first-order chi connectivity index (χ1) is 11.4. The van der Waals surface area contributed by atoms with E-state index in [2.05, 4.69) is 4.99 Å². The smallest absolute Gasteiger partial charge is 0.326 e. The highest BCUT2D eigenvalue weighted by Crippen LogP contribution is 2.28. The van der Waals surface area contributed by atoms with E-state index in [4.69, 9.17) is 4.74 Å². The van der Waals surface area contributed by atoms with Gasteiger partial charge in [0.15, 0.2) is 0 Å². The molecule has 0 fully saturated rings. The molecule has 2 aromatic rings. The molecule has 24 heavy (non-hydrogen) atoms. The predicted molar refractivity (Wildman–Crippen MR) is 86.2 cm³/mol. The number of thiazole rings is 1. The van der Waals surface area contributed by atoms with Crippen LogP contribution in [0.3, 0.4) is 0 Å². The van der Waals surface area contributed by atoms with Gasteiger partial charge in [0.1, 0.15) is 11.4 Å². The van der Waals surface area contributed by atoms with Crippen molar-refractivity contribution < 1.29 is 19.4 Å². The second-order valence-electron chi connectivity index (χ2n) is 5.45. The average molecular weight is 346 g/mol. The van der Waals surface area contributed by atoms with Crippen molar-refractivity contribution >= 4 is 28.8 Å². The average Bonchev–Trinajstić information content (AvgIpc) is 2.96. The van der Waals surface area contributed by atoms with Gasteiger partial charge in [-0.1, -0.05) is 29.5 Å². The molecule has 1 N–H and O–H groups in total. The summed E-state index contributed by atoms with van der Waals surface area (Å²) >= 11 is 0.698. The van der Waals surface area contributed by atoms with Crippen molar-refractivity contribution in [3.63, 3.8) is 0 Å². The third-order valence-corrected chi connectivity index (χ3v) is 4.35. The molecule has 1 aliphatic rings. The highest BCUT2D eigenvalue weighted by Gasteiger charge is 2.26. The number of carbonyl (C=O) groups is 2. The molecule has 0 unspecified atom stereocenters. The molecule has 0 spiro atoms. The first-order valence-electron chi connectivity index (χ1n) is 7.23. The van der Waals surface area contributed by atoms with Gasteiger partial charge in [0.2, 0.25) is 5.88 Å². The minimum atomic E-state index is -0.639. The molecule has 8 heteroatoms. The second kappa shape index (κ2) is 6.04. The molecular formula is C16H14N2O5S. The number of para-hydroxylation sites is 1. The summed E-state index contributed by atoms with van der Waals surface area (Å²) in [6.45, 7) is 2.95. The van der Waals surface area contributed by atoms with Crippen LogP contribution in [0.15, 0.2) is 34.1 Å². The maximum absolute atomic E-state index is 12.2. The lowest BCUT2D eigenvalue weighted by atomic mass is 10.1. The van der Waals surface area contributed by atoms with E-state index in [0.717, 1.165) is 4.57 Å². The fourth-order valence-corrected chi connectivity index (χ4v) is 3.35. The number of aromatic hydroxyl groups is 1. The quantitative estimate of drug-likeness (QED) is 0.781. The lowest BCUT2D eigenvalue weighted by Gasteiger charge is -2.08. The minimum absolute atomic E-state index is 0.107. The van der Waals surface area contributed by atoms with E-state index in [1.807, 2.05) is 0 Å². The fraction of sp³-hybridized carbons (Fsp3) is 0.250. The first kappa shape index (κ1) is 16.1. The lowest BCUT2D eigenvalue weighted by Crippen LogP contribution is -2.23. The molecule has 0 atom stereocenters. The Labute approximate surface area is 140 Å². The number of aromatic nitrogens is 1. The normalized spacial score (nSPS) is 13.1. The van der Waals surface area contributed by atoms with Crippen LogP contribution in [-0.4, -0.2) is 27.7 Å². The van der Waals surface area contributed by atoms with Gasteiger partial charge in [0, 0.05) is 5.22 Å². The molecular weight excluding hydrogens is 332 g/mol. The summed E-state index contributed by atoms with van der Waals surface area (Å²) in [6.07, 6.45) is -0.329. The fourth-order valence-electron chi connectivity index (χ4n) is 2.41. The van der Waals surface area contributed by atoms with Gasteiger partial charge in [-0.05, 0) is 19.9 Å². The van der Waals surface area contributed by atoms with Crippen LogP contribution in [0.5, 0.6) is 5.88 Å². The van der Waals surface area contributed by atoms with E-state index in [9.17, 15) is 19.5 Å². The summed E-state index contributed by atoms with van der Waals surface area (Å²) in [4.78, 5) is 39.5. The van der Waals surface area contributed by atoms with Crippen LogP contribution < -0.4 is 15.4 Å². The lowest BCUT2D eigenvalue weighted by molar-refractivity contribution is -0.148. The van der Waals surface area contributed by atoms with E-state index in [0.29, 0.717) is 21.9 Å². The van der Waals surface area contributed by atoms with Crippen LogP contribution in [0.4, 0.5) is 0 Å². The van der Waals surface area contributed by atoms with Crippen molar-refractivity contribution in [2.45, 2.75) is 26.5 Å². The number of hydrogen-bond acceptors (Lipinski definition) is 6. The van der Waals surface area contributed by atoms with Crippen LogP contribution in [-0.2, 0) is 20.9 Å². The van der Waals surface area contributed by atoms with Crippen LogP contribution in [0.2, 0.25) is 0 Å². The molecule has 2 heterocycles. The maximum atomic E-state index is 12.2. The monoisotopic (exact) mass is 346 g/mol. The van der Waals surface area contributed by atoms with Gasteiger partial charge < -0.3 is 9.84 Å². The summed E-state index contributed by atoms with van der Waals surface area (Å²) < 4.78 is 5.87. The summed E-state index contributed by atoms with van der Waals surface area (Å²) in [5, 5.41) is 11.4. The Morgan fingerprint density at radius 2 is 2.04 bits per heavy atom. The third-order valence-electron chi connectivity index (χ3n) is 3.36. The number of ether oxygens (including phenoxy) is 1. The molecule has 1 aliphatic heterocycles. The molecule has 1 aromatic heterocycles. The van der Waals surface area contributed by atoms with Gasteiger partial charge in [-0.15, -0.1) is 0 Å². The summed E-state index contributed by atoms with van der Waals surface area (Å²) in [5.41, 5.74) is 0.168. The minimum Gasteiger partial charge on any atom is -0.493 e. The van der Waals surface area contributed by atoms with E-state index in [1.54, 1.807) is 38.1 Å². The Bertz CT molecular complexity index is 1020. The molecule has 124 valence electrons. The predicted octanol–water partition coefficient (Wildman–Crippen LogP) is -0.0742. The van der Waals surface area contributed by atoms with Gasteiger partial charge in [-0.25, -0.2) is 4.99 Å². The van der Waals surface area contributed by atoms with Crippen molar-refractivity contribution in [1.29, 1.82) is 0 Å². The molecule has 0 aliphatic carbocycles. The first-order valence-corrected chi connectivity index (χ1v) is 8.05. The number of rotatable bonds is 4. The van der Waals surface area contributed by atoms with Gasteiger partial charge in [0.25, 0.3) is 5.91 Å². The van der Waals surface area contributed by atoms with Crippen LogP contribution >= 0.6 is 11.3 Å². The van der Waals surface area contributed by atoms with Gasteiger partial charge >= 0.3 is 10.8 Å². The number of fused-ring (bicyclic) bond motifs is 1. The molecule has 7 nitrogen and oxygen atoms in total. The molecule has 0 bridgehead atoms. The van der Waals surface area contributed by atoms with E-state index in [1.165, 1.54) is 0 Å². The Morgan fingerprint density at radius 3 is 2.75 bits per heavy atom. The van der Waals surface area contributed by atoms with Crippen LogP contribution in [0.1, 0.15) is 18.7 Å².